The Bertz CT molecular complexity index is 855. The first kappa shape index (κ1) is 26.8. The van der Waals surface area contributed by atoms with E-state index >= 15 is 0 Å². The number of benzene rings is 1. The molecule has 0 aromatic heterocycles. The maximum absolute atomic E-state index is 13.9. The minimum atomic E-state index is -4.20. The Morgan fingerprint density at radius 3 is 1.75 bits per heavy atom. The molecule has 0 saturated heterocycles. The van der Waals surface area contributed by atoms with Gasteiger partial charge in [-0.3, -0.25) is 13.9 Å². The summed E-state index contributed by atoms with van der Waals surface area (Å²) in [5.74, 6) is -0.347. The van der Waals surface area contributed by atoms with Crippen LogP contribution in [-0.2, 0) is 27.2 Å². The van der Waals surface area contributed by atoms with Crippen LogP contribution in [-0.4, -0.2) is 57.4 Å². The third-order valence-electron chi connectivity index (χ3n) is 4.87. The molecule has 0 radical (unpaired) electrons. The third kappa shape index (κ3) is 5.06. The molecule has 1 aliphatic rings. The molecular formula is C20H33N3O7P2. The van der Waals surface area contributed by atoms with Crippen LogP contribution in [0.2, 0.25) is 0 Å². The third-order valence-corrected chi connectivity index (χ3v) is 11.0. The number of hydrogen-bond acceptors (Lipinski definition) is 10. The zero-order valence-corrected chi connectivity index (χ0v) is 21.3. The number of ketones is 1. The fraction of sp³-hybridized carbons (Fsp3) is 0.650. The molecule has 32 heavy (non-hydrogen) atoms. The maximum Gasteiger partial charge on any atom is 0.372 e. The average Bonchev–Trinajstić information content (AvgIpc) is 3.22. The molecule has 180 valence electrons. The van der Waals surface area contributed by atoms with Crippen LogP contribution >= 0.6 is 15.2 Å². The lowest BCUT2D eigenvalue weighted by molar-refractivity contribution is 0.0960. The molecule has 12 heteroatoms. The van der Waals surface area contributed by atoms with E-state index in [9.17, 15) is 13.9 Å². The molecule has 1 atom stereocenters. The Morgan fingerprint density at radius 2 is 1.38 bits per heavy atom. The Labute approximate surface area is 189 Å². The highest BCUT2D eigenvalue weighted by atomic mass is 31.2. The lowest BCUT2D eigenvalue weighted by Crippen LogP contribution is -2.33. The summed E-state index contributed by atoms with van der Waals surface area (Å²) in [6.45, 7) is 6.57. The Balaban J connectivity index is 2.51. The second-order valence-corrected chi connectivity index (χ2v) is 12.0. The first-order chi connectivity index (χ1) is 15.1. The van der Waals surface area contributed by atoms with Gasteiger partial charge in [-0.2, -0.15) is 10.2 Å². The Kier molecular flexibility index (Phi) is 9.35. The lowest BCUT2D eigenvalue weighted by Gasteiger charge is -2.36. The van der Waals surface area contributed by atoms with Crippen LogP contribution in [0.3, 0.4) is 0 Å². The number of nitrogens with zero attached hydrogens (tertiary/aromatic N) is 3. The van der Waals surface area contributed by atoms with Crippen LogP contribution in [0.15, 0.2) is 34.5 Å². The fourth-order valence-electron chi connectivity index (χ4n) is 3.42. The number of carbonyl (C=O) groups excluding carboxylic acids is 1. The summed E-state index contributed by atoms with van der Waals surface area (Å²) in [6, 6.07) is 5.95. The molecule has 1 heterocycles. The van der Waals surface area contributed by atoms with Crippen molar-refractivity contribution in [1.82, 2.24) is 0 Å². The standard InChI is InChI=1S/C20H33N3O7P2/c1-7-27-31(25,28-8-2)20(32(26,29-9-3)30-10-4)15-18(21-22-20)19(24)16-11-13-17(14-12-16)23(5)6/h11-14,18H,7-10,15H2,1-6H3. The normalized spacial score (nSPS) is 18.1. The van der Waals surface area contributed by atoms with Crippen LogP contribution in [0.1, 0.15) is 44.5 Å². The van der Waals surface area contributed by atoms with E-state index in [1.54, 1.807) is 39.8 Å². The smallest absolute Gasteiger partial charge is 0.372 e. The van der Waals surface area contributed by atoms with Crippen molar-refractivity contribution in [2.45, 2.75) is 45.2 Å². The molecule has 0 fully saturated rings. The zero-order chi connectivity index (χ0) is 24.0. The molecule has 0 amide bonds. The predicted octanol–water partition coefficient (Wildman–Crippen LogP) is 5.35. The van der Waals surface area contributed by atoms with E-state index in [0.717, 1.165) is 5.69 Å². The molecule has 2 rings (SSSR count). The van der Waals surface area contributed by atoms with Gasteiger partial charge in [-0.25, -0.2) is 0 Å². The van der Waals surface area contributed by atoms with Gasteiger partial charge in [0.05, 0.1) is 26.4 Å². The van der Waals surface area contributed by atoms with Crippen molar-refractivity contribution in [3.63, 3.8) is 0 Å². The van der Waals surface area contributed by atoms with Crippen LogP contribution in [0.4, 0.5) is 5.69 Å². The maximum atomic E-state index is 13.9. The van der Waals surface area contributed by atoms with Gasteiger partial charge < -0.3 is 23.0 Å². The van der Waals surface area contributed by atoms with Gasteiger partial charge in [0.1, 0.15) is 6.04 Å². The van der Waals surface area contributed by atoms with Crippen LogP contribution in [0, 0.1) is 0 Å². The lowest BCUT2D eigenvalue weighted by atomic mass is 10.0. The zero-order valence-electron chi connectivity index (χ0n) is 19.5. The monoisotopic (exact) mass is 489 g/mol. The van der Waals surface area contributed by atoms with E-state index in [0.29, 0.717) is 5.56 Å². The molecule has 1 aromatic carbocycles. The molecule has 0 saturated carbocycles. The molecule has 0 N–H and O–H groups in total. The van der Waals surface area contributed by atoms with Crippen molar-refractivity contribution in [3.05, 3.63) is 29.8 Å². The summed E-state index contributed by atoms with van der Waals surface area (Å²) in [5, 5.41) is 6.15. The van der Waals surface area contributed by atoms with Gasteiger partial charge in [0.25, 0.3) is 5.02 Å². The largest absolute Gasteiger partial charge is 0.378 e. The number of hydrogen-bond donors (Lipinski definition) is 0. The first-order valence-corrected chi connectivity index (χ1v) is 13.7. The van der Waals surface area contributed by atoms with Gasteiger partial charge in [0, 0.05) is 31.8 Å². The summed E-state index contributed by atoms with van der Waals surface area (Å²) >= 11 is 0. The molecule has 1 aromatic rings. The molecule has 0 bridgehead atoms. The van der Waals surface area contributed by atoms with Crippen molar-refractivity contribution in [1.29, 1.82) is 0 Å². The number of anilines is 1. The number of rotatable bonds is 13. The van der Waals surface area contributed by atoms with E-state index < -0.39 is 26.3 Å². The number of Topliss-reactive ketones (excluding diaryl/α,β-unsaturated/α-hetero) is 1. The summed E-state index contributed by atoms with van der Waals surface area (Å²) in [4.78, 5) is 15.1. The molecule has 1 aliphatic heterocycles. The summed E-state index contributed by atoms with van der Waals surface area (Å²) in [6.07, 6.45) is -0.282. The van der Waals surface area contributed by atoms with E-state index in [2.05, 4.69) is 10.2 Å². The van der Waals surface area contributed by atoms with Crippen molar-refractivity contribution in [2.24, 2.45) is 10.2 Å². The quantitative estimate of drug-likeness (QED) is 0.269. The van der Waals surface area contributed by atoms with Crippen molar-refractivity contribution < 1.29 is 32.0 Å². The molecular weight excluding hydrogens is 456 g/mol. The number of azo groups is 1. The van der Waals surface area contributed by atoms with Gasteiger partial charge in [0.15, 0.2) is 5.78 Å². The average molecular weight is 489 g/mol. The van der Waals surface area contributed by atoms with Crippen LogP contribution in [0.5, 0.6) is 0 Å². The van der Waals surface area contributed by atoms with Crippen molar-refractivity contribution >= 4 is 26.7 Å². The topological polar surface area (TPSA) is 116 Å². The van der Waals surface area contributed by atoms with Gasteiger partial charge >= 0.3 is 15.2 Å². The van der Waals surface area contributed by atoms with E-state index in [1.165, 1.54) is 0 Å². The SMILES string of the molecule is CCOP(=O)(OCC)C1(P(=O)(OCC)OCC)CC(C(=O)c2ccc(N(C)C)cc2)N=N1. The van der Waals surface area contributed by atoms with Gasteiger partial charge in [0.2, 0.25) is 0 Å². The highest BCUT2D eigenvalue weighted by Gasteiger charge is 2.69. The van der Waals surface area contributed by atoms with Crippen molar-refractivity contribution in [3.8, 4) is 0 Å². The molecule has 0 aliphatic carbocycles. The number of carbonyl (C=O) groups is 1. The predicted molar refractivity (Wildman–Crippen MR) is 123 cm³/mol. The van der Waals surface area contributed by atoms with E-state index in [1.807, 2.05) is 31.1 Å². The second kappa shape index (κ2) is 11.1. The van der Waals surface area contributed by atoms with Gasteiger partial charge in [-0.1, -0.05) is 0 Å². The van der Waals surface area contributed by atoms with E-state index in [4.69, 9.17) is 18.1 Å². The van der Waals surface area contributed by atoms with E-state index in [-0.39, 0.29) is 38.6 Å². The van der Waals surface area contributed by atoms with Crippen LogP contribution < -0.4 is 4.90 Å². The Morgan fingerprint density at radius 1 is 0.938 bits per heavy atom. The van der Waals surface area contributed by atoms with Crippen molar-refractivity contribution in [2.75, 3.05) is 45.4 Å². The second-order valence-electron chi connectivity index (χ2n) is 7.18. The van der Waals surface area contributed by atoms with Gasteiger partial charge in [-0.05, 0) is 52.0 Å². The molecule has 0 spiro atoms. The summed E-state index contributed by atoms with van der Waals surface area (Å²) in [7, 11) is -4.61. The summed E-state index contributed by atoms with van der Waals surface area (Å²) in [5.41, 5.74) is 1.33. The highest BCUT2D eigenvalue weighted by Crippen LogP contribution is 2.81. The van der Waals surface area contributed by atoms with Gasteiger partial charge in [-0.15, -0.1) is 0 Å². The minimum absolute atomic E-state index is 0.0113. The highest BCUT2D eigenvalue weighted by molar-refractivity contribution is 7.74. The first-order valence-electron chi connectivity index (χ1n) is 10.7. The fourth-order valence-corrected chi connectivity index (χ4v) is 8.76. The molecule has 1 unspecified atom stereocenters. The molecule has 10 nitrogen and oxygen atoms in total. The van der Waals surface area contributed by atoms with Crippen LogP contribution in [0.25, 0.3) is 0 Å². The minimum Gasteiger partial charge on any atom is -0.378 e. The Hall–Kier alpha value is -1.41. The summed E-state index contributed by atoms with van der Waals surface area (Å²) < 4.78 is 49.8.